The van der Waals surface area contributed by atoms with Gasteiger partial charge in [-0.1, -0.05) is 67.4 Å². The average molecular weight is 516 g/mol. The summed E-state index contributed by atoms with van der Waals surface area (Å²) >= 11 is 0. The van der Waals surface area contributed by atoms with Crippen molar-refractivity contribution < 1.29 is 17.9 Å². The molecule has 5 rings (SSSR count). The molecule has 1 fully saturated rings. The predicted octanol–water partition coefficient (Wildman–Crippen LogP) is 5.80. The SMILES string of the molecule is O=C(NS(=O)(=O)Cc1ccccc1)N(c1ccc(OCc2ccc3ccccc3n2)cc1)C1CCCC1. The minimum Gasteiger partial charge on any atom is -0.487 e. The number of anilines is 1. The molecule has 7 nitrogen and oxygen atoms in total. The summed E-state index contributed by atoms with van der Waals surface area (Å²) in [5.41, 5.74) is 2.99. The molecular formula is C29H29N3O4S. The number of carbonyl (C=O) groups is 1. The molecule has 1 aliphatic carbocycles. The molecule has 2 amide bonds. The van der Waals surface area contributed by atoms with Crippen molar-refractivity contribution in [3.8, 4) is 5.75 Å². The van der Waals surface area contributed by atoms with Gasteiger partial charge in [-0.05, 0) is 54.8 Å². The van der Waals surface area contributed by atoms with E-state index in [4.69, 9.17) is 4.74 Å². The van der Waals surface area contributed by atoms with E-state index in [-0.39, 0.29) is 11.8 Å². The van der Waals surface area contributed by atoms with Gasteiger partial charge in [0.25, 0.3) is 0 Å². The van der Waals surface area contributed by atoms with E-state index in [1.807, 2.05) is 42.5 Å². The zero-order chi connectivity index (χ0) is 25.7. The van der Waals surface area contributed by atoms with Crippen LogP contribution in [0.2, 0.25) is 0 Å². The van der Waals surface area contributed by atoms with Crippen LogP contribution in [0, 0.1) is 0 Å². The van der Waals surface area contributed by atoms with Crippen LogP contribution in [0.1, 0.15) is 36.9 Å². The molecule has 0 atom stereocenters. The van der Waals surface area contributed by atoms with E-state index in [0.29, 0.717) is 23.6 Å². The van der Waals surface area contributed by atoms with Gasteiger partial charge in [0.05, 0.1) is 17.0 Å². The Morgan fingerprint density at radius 3 is 2.35 bits per heavy atom. The summed E-state index contributed by atoms with van der Waals surface area (Å²) in [6.07, 6.45) is 3.67. The molecule has 0 bridgehead atoms. The zero-order valence-electron chi connectivity index (χ0n) is 20.4. The highest BCUT2D eigenvalue weighted by Crippen LogP contribution is 2.30. The van der Waals surface area contributed by atoms with Crippen molar-refractivity contribution in [3.05, 3.63) is 102 Å². The second-order valence-corrected chi connectivity index (χ2v) is 11.0. The van der Waals surface area contributed by atoms with Crippen LogP contribution >= 0.6 is 0 Å². The number of carbonyl (C=O) groups excluding carboxylic acids is 1. The number of fused-ring (bicyclic) bond motifs is 1. The van der Waals surface area contributed by atoms with Gasteiger partial charge in [-0.2, -0.15) is 0 Å². The largest absolute Gasteiger partial charge is 0.487 e. The molecule has 0 aliphatic heterocycles. The maximum Gasteiger partial charge on any atom is 0.335 e. The normalized spacial score (nSPS) is 13.9. The Balaban J connectivity index is 1.28. The maximum atomic E-state index is 13.2. The molecule has 8 heteroatoms. The fourth-order valence-electron chi connectivity index (χ4n) is 4.72. The third-order valence-electron chi connectivity index (χ3n) is 6.51. The Bertz CT molecular complexity index is 1470. The molecule has 37 heavy (non-hydrogen) atoms. The Labute approximate surface area is 217 Å². The van der Waals surface area contributed by atoms with Crippen LogP contribution < -0.4 is 14.4 Å². The van der Waals surface area contributed by atoms with Gasteiger partial charge in [-0.25, -0.2) is 22.9 Å². The summed E-state index contributed by atoms with van der Waals surface area (Å²) in [6, 6.07) is 27.2. The number of nitrogens with one attached hydrogen (secondary N) is 1. The van der Waals surface area contributed by atoms with Crippen LogP contribution in [0.5, 0.6) is 5.75 Å². The predicted molar refractivity (Wildman–Crippen MR) is 145 cm³/mol. The van der Waals surface area contributed by atoms with E-state index < -0.39 is 16.1 Å². The van der Waals surface area contributed by atoms with Crippen LogP contribution in [-0.2, 0) is 22.4 Å². The molecule has 1 aliphatic rings. The number of benzene rings is 3. The number of hydrogen-bond acceptors (Lipinski definition) is 5. The number of hydrogen-bond donors (Lipinski definition) is 1. The third-order valence-corrected chi connectivity index (χ3v) is 7.71. The third kappa shape index (κ3) is 6.27. The molecule has 0 spiro atoms. The van der Waals surface area contributed by atoms with Crippen molar-refractivity contribution >= 4 is 32.6 Å². The van der Waals surface area contributed by atoms with Gasteiger partial charge in [-0.15, -0.1) is 0 Å². The maximum absolute atomic E-state index is 13.2. The van der Waals surface area contributed by atoms with Crippen molar-refractivity contribution in [3.63, 3.8) is 0 Å². The monoisotopic (exact) mass is 515 g/mol. The first-order chi connectivity index (χ1) is 18.0. The standard InChI is InChI=1S/C29H29N3O4S/c33-29(31-37(34,35)21-22-8-2-1-3-9-22)32(25-11-5-6-12-25)26-16-18-27(19-17-26)36-20-24-15-14-23-10-4-7-13-28(23)30-24/h1-4,7-10,13-19,25H,5-6,11-12,20-21H2,(H,31,33). The molecule has 0 saturated heterocycles. The summed E-state index contributed by atoms with van der Waals surface area (Å²) in [6.45, 7) is 0.314. The lowest BCUT2D eigenvalue weighted by Crippen LogP contribution is -2.47. The first kappa shape index (κ1) is 24.8. The highest BCUT2D eigenvalue weighted by Gasteiger charge is 2.30. The summed E-state index contributed by atoms with van der Waals surface area (Å²) in [7, 11) is -3.85. The van der Waals surface area contributed by atoms with Crippen molar-refractivity contribution in [1.29, 1.82) is 0 Å². The van der Waals surface area contributed by atoms with Gasteiger partial charge in [0.15, 0.2) is 0 Å². The summed E-state index contributed by atoms with van der Waals surface area (Å²) < 4.78 is 33.7. The van der Waals surface area contributed by atoms with Gasteiger partial charge in [0.1, 0.15) is 12.4 Å². The van der Waals surface area contributed by atoms with Crippen molar-refractivity contribution in [2.75, 3.05) is 4.90 Å². The number of sulfonamides is 1. The number of para-hydroxylation sites is 1. The lowest BCUT2D eigenvalue weighted by molar-refractivity contribution is 0.248. The van der Waals surface area contributed by atoms with E-state index in [1.165, 1.54) is 0 Å². The second kappa shape index (κ2) is 11.0. The Morgan fingerprint density at radius 1 is 0.892 bits per heavy atom. The number of nitrogens with zero attached hydrogens (tertiary/aromatic N) is 2. The minimum atomic E-state index is -3.85. The van der Waals surface area contributed by atoms with Crippen LogP contribution in [0.4, 0.5) is 10.5 Å². The zero-order valence-corrected chi connectivity index (χ0v) is 21.2. The van der Waals surface area contributed by atoms with Gasteiger partial charge < -0.3 is 4.74 Å². The molecule has 0 radical (unpaired) electrons. The Morgan fingerprint density at radius 2 is 1.59 bits per heavy atom. The smallest absolute Gasteiger partial charge is 0.335 e. The summed E-state index contributed by atoms with van der Waals surface area (Å²) in [4.78, 5) is 19.4. The lowest BCUT2D eigenvalue weighted by atomic mass is 10.2. The number of urea groups is 1. The minimum absolute atomic E-state index is 0.0551. The van der Waals surface area contributed by atoms with E-state index in [9.17, 15) is 13.2 Å². The number of rotatable bonds is 8. The summed E-state index contributed by atoms with van der Waals surface area (Å²) in [5, 5.41) is 1.08. The van der Waals surface area contributed by atoms with Gasteiger partial charge in [0, 0.05) is 17.1 Å². The van der Waals surface area contributed by atoms with Crippen LogP contribution in [0.25, 0.3) is 10.9 Å². The quantitative estimate of drug-likeness (QED) is 0.320. The van der Waals surface area contributed by atoms with Crippen molar-refractivity contribution in [2.24, 2.45) is 0 Å². The van der Waals surface area contributed by atoms with Gasteiger partial charge >= 0.3 is 6.03 Å². The van der Waals surface area contributed by atoms with Crippen LogP contribution in [0.15, 0.2) is 91.0 Å². The van der Waals surface area contributed by atoms with Gasteiger partial charge in [-0.3, -0.25) is 4.90 Å². The van der Waals surface area contributed by atoms with Gasteiger partial charge in [0.2, 0.25) is 10.0 Å². The molecule has 1 saturated carbocycles. The number of aromatic nitrogens is 1. The van der Waals surface area contributed by atoms with Crippen molar-refractivity contribution in [2.45, 2.75) is 44.1 Å². The highest BCUT2D eigenvalue weighted by molar-refractivity contribution is 7.89. The number of amides is 2. The van der Waals surface area contributed by atoms with E-state index in [0.717, 1.165) is 42.3 Å². The molecule has 1 aromatic heterocycles. The van der Waals surface area contributed by atoms with E-state index in [2.05, 4.69) is 9.71 Å². The van der Waals surface area contributed by atoms with Crippen LogP contribution in [-0.4, -0.2) is 25.5 Å². The molecule has 190 valence electrons. The fourth-order valence-corrected chi connectivity index (χ4v) is 5.79. The highest BCUT2D eigenvalue weighted by atomic mass is 32.2. The van der Waals surface area contributed by atoms with Crippen molar-refractivity contribution in [1.82, 2.24) is 9.71 Å². The molecular weight excluding hydrogens is 486 g/mol. The Kier molecular flexibility index (Phi) is 7.37. The first-order valence-electron chi connectivity index (χ1n) is 12.4. The molecule has 1 heterocycles. The topological polar surface area (TPSA) is 88.6 Å². The van der Waals surface area contributed by atoms with E-state index in [1.54, 1.807) is 53.4 Å². The number of ether oxygens (including phenoxy) is 1. The molecule has 3 aromatic carbocycles. The lowest BCUT2D eigenvalue weighted by Gasteiger charge is -2.29. The fraction of sp³-hybridized carbons (Fsp3) is 0.241. The summed E-state index contributed by atoms with van der Waals surface area (Å²) in [5.74, 6) is 0.385. The Hall–Kier alpha value is -3.91. The van der Waals surface area contributed by atoms with E-state index >= 15 is 0 Å². The number of pyridine rings is 1. The molecule has 0 unspecified atom stereocenters. The van der Waals surface area contributed by atoms with Crippen LogP contribution in [0.3, 0.4) is 0 Å². The molecule has 1 N–H and O–H groups in total. The molecule has 4 aromatic rings. The second-order valence-electron chi connectivity index (χ2n) is 9.24. The first-order valence-corrected chi connectivity index (χ1v) is 14.1. The average Bonchev–Trinajstić information content (AvgIpc) is 3.42.